The molecule has 2 aromatic rings. The van der Waals surface area contributed by atoms with Crippen LogP contribution in [-0.4, -0.2) is 10.9 Å². The van der Waals surface area contributed by atoms with E-state index in [1.165, 1.54) is 0 Å². The molecule has 6 nitrogen and oxygen atoms in total. The van der Waals surface area contributed by atoms with Crippen molar-refractivity contribution < 1.29 is 9.21 Å². The molecule has 0 radical (unpaired) electrons. The molecule has 0 bridgehead atoms. The summed E-state index contributed by atoms with van der Waals surface area (Å²) >= 11 is 0. The quantitative estimate of drug-likeness (QED) is 0.727. The molecule has 1 unspecified atom stereocenters. The van der Waals surface area contributed by atoms with Gasteiger partial charge >= 0.3 is 0 Å². The molecular formula is C13H16N4O2. The maximum absolute atomic E-state index is 11.2. The largest absolute Gasteiger partial charge is 0.444 e. The van der Waals surface area contributed by atoms with E-state index in [2.05, 4.69) is 10.3 Å². The van der Waals surface area contributed by atoms with E-state index in [0.717, 1.165) is 11.4 Å². The summed E-state index contributed by atoms with van der Waals surface area (Å²) in [6, 6.07) is 4.90. The molecule has 1 atom stereocenters. The van der Waals surface area contributed by atoms with E-state index in [1.54, 1.807) is 24.4 Å². The molecule has 1 amide bonds. The highest BCUT2D eigenvalue weighted by Crippen LogP contribution is 2.22. The van der Waals surface area contributed by atoms with Crippen molar-refractivity contribution in [2.75, 3.05) is 11.1 Å². The summed E-state index contributed by atoms with van der Waals surface area (Å²) in [5, 5.41) is 3.17. The average molecular weight is 260 g/mol. The molecule has 1 aromatic carbocycles. The van der Waals surface area contributed by atoms with Crippen LogP contribution >= 0.6 is 0 Å². The van der Waals surface area contributed by atoms with Gasteiger partial charge in [0.25, 0.3) is 5.91 Å². The van der Waals surface area contributed by atoms with Crippen molar-refractivity contribution in [2.24, 2.45) is 5.73 Å². The van der Waals surface area contributed by atoms with Gasteiger partial charge in [0, 0.05) is 11.4 Å². The number of nitrogen functional groups attached to an aromatic ring is 1. The van der Waals surface area contributed by atoms with Crippen molar-refractivity contribution in [1.29, 1.82) is 0 Å². The van der Waals surface area contributed by atoms with Gasteiger partial charge in [-0.05, 0) is 32.0 Å². The Balaban J connectivity index is 2.19. The Bertz CT molecular complexity index is 606. The number of amides is 1. The Morgan fingerprint density at radius 3 is 2.79 bits per heavy atom. The van der Waals surface area contributed by atoms with Gasteiger partial charge in [-0.1, -0.05) is 0 Å². The molecule has 100 valence electrons. The number of hydrogen-bond acceptors (Lipinski definition) is 5. The first-order chi connectivity index (χ1) is 8.97. The number of nitrogens with zero attached hydrogens (tertiary/aromatic N) is 1. The highest BCUT2D eigenvalue weighted by molar-refractivity contribution is 5.98. The number of benzene rings is 1. The molecule has 0 aliphatic carbocycles. The van der Waals surface area contributed by atoms with Crippen molar-refractivity contribution in [2.45, 2.75) is 19.9 Å². The summed E-state index contributed by atoms with van der Waals surface area (Å²) in [5.74, 6) is 0.773. The van der Waals surface area contributed by atoms with Crippen LogP contribution in [0.25, 0.3) is 0 Å². The number of aromatic nitrogens is 1. The van der Waals surface area contributed by atoms with Crippen LogP contribution in [0.15, 0.2) is 28.8 Å². The standard InChI is InChI=1S/C13H16N4O2/c1-7-6-16-13(19-7)8(2)17-9-3-4-11(14)10(5-9)12(15)18/h3-6,8,17H,14H2,1-2H3,(H2,15,18). The first kappa shape index (κ1) is 12.9. The van der Waals surface area contributed by atoms with Gasteiger partial charge in [-0.25, -0.2) is 4.98 Å². The number of primary amides is 1. The van der Waals surface area contributed by atoms with E-state index >= 15 is 0 Å². The minimum absolute atomic E-state index is 0.127. The molecule has 0 aliphatic heterocycles. The average Bonchev–Trinajstić information content (AvgIpc) is 2.78. The maximum Gasteiger partial charge on any atom is 0.250 e. The van der Waals surface area contributed by atoms with E-state index < -0.39 is 5.91 Å². The van der Waals surface area contributed by atoms with Crippen LogP contribution in [0, 0.1) is 6.92 Å². The molecule has 0 saturated carbocycles. The Labute approximate surface area is 110 Å². The van der Waals surface area contributed by atoms with E-state index in [1.807, 2.05) is 13.8 Å². The Morgan fingerprint density at radius 2 is 2.21 bits per heavy atom. The number of hydrogen-bond donors (Lipinski definition) is 3. The van der Waals surface area contributed by atoms with Crippen molar-refractivity contribution in [3.63, 3.8) is 0 Å². The Kier molecular flexibility index (Phi) is 3.41. The second kappa shape index (κ2) is 5.01. The zero-order valence-electron chi connectivity index (χ0n) is 10.8. The first-order valence-corrected chi connectivity index (χ1v) is 5.85. The lowest BCUT2D eigenvalue weighted by Gasteiger charge is -2.13. The highest BCUT2D eigenvalue weighted by atomic mass is 16.4. The van der Waals surface area contributed by atoms with E-state index in [0.29, 0.717) is 17.1 Å². The molecular weight excluding hydrogens is 244 g/mol. The van der Waals surface area contributed by atoms with Gasteiger partial charge in [-0.2, -0.15) is 0 Å². The fourth-order valence-corrected chi connectivity index (χ4v) is 1.74. The van der Waals surface area contributed by atoms with Gasteiger partial charge in [-0.15, -0.1) is 0 Å². The molecule has 0 saturated heterocycles. The predicted molar refractivity (Wildman–Crippen MR) is 72.7 cm³/mol. The van der Waals surface area contributed by atoms with Crippen LogP contribution in [0.5, 0.6) is 0 Å². The normalized spacial score (nSPS) is 12.1. The second-order valence-corrected chi connectivity index (χ2v) is 4.34. The zero-order valence-corrected chi connectivity index (χ0v) is 10.8. The first-order valence-electron chi connectivity index (χ1n) is 5.85. The summed E-state index contributed by atoms with van der Waals surface area (Å²) < 4.78 is 5.43. The number of carbonyl (C=O) groups excluding carboxylic acids is 1. The van der Waals surface area contributed by atoms with Crippen LogP contribution in [0.2, 0.25) is 0 Å². The number of nitrogens with two attached hydrogens (primary N) is 2. The summed E-state index contributed by atoms with van der Waals surface area (Å²) in [6.07, 6.45) is 1.66. The smallest absolute Gasteiger partial charge is 0.250 e. The van der Waals surface area contributed by atoms with Crippen LogP contribution in [0.4, 0.5) is 11.4 Å². The lowest BCUT2D eigenvalue weighted by Crippen LogP contribution is -2.14. The Morgan fingerprint density at radius 1 is 1.47 bits per heavy atom. The monoisotopic (exact) mass is 260 g/mol. The number of aryl methyl sites for hydroxylation is 1. The van der Waals surface area contributed by atoms with E-state index in [9.17, 15) is 4.79 Å². The minimum atomic E-state index is -0.555. The molecule has 1 aromatic heterocycles. The Hall–Kier alpha value is -2.50. The van der Waals surface area contributed by atoms with Gasteiger partial charge in [0.1, 0.15) is 11.8 Å². The third-order valence-corrected chi connectivity index (χ3v) is 2.71. The number of anilines is 2. The van der Waals surface area contributed by atoms with Gasteiger partial charge in [0.2, 0.25) is 5.89 Å². The molecule has 0 fully saturated rings. The summed E-state index contributed by atoms with van der Waals surface area (Å²) in [7, 11) is 0. The van der Waals surface area contributed by atoms with Crippen LogP contribution in [0.1, 0.15) is 35.0 Å². The summed E-state index contributed by atoms with van der Waals surface area (Å²) in [5.41, 5.74) is 12.3. The number of carbonyl (C=O) groups is 1. The minimum Gasteiger partial charge on any atom is -0.444 e. The lowest BCUT2D eigenvalue weighted by molar-refractivity contribution is 0.100. The number of nitrogens with one attached hydrogen (secondary N) is 1. The van der Waals surface area contributed by atoms with Crippen LogP contribution in [0.3, 0.4) is 0 Å². The van der Waals surface area contributed by atoms with E-state index in [-0.39, 0.29) is 6.04 Å². The summed E-state index contributed by atoms with van der Waals surface area (Å²) in [4.78, 5) is 15.4. The van der Waals surface area contributed by atoms with Crippen molar-refractivity contribution in [3.05, 3.63) is 41.6 Å². The molecule has 0 spiro atoms. The van der Waals surface area contributed by atoms with Crippen molar-refractivity contribution in [3.8, 4) is 0 Å². The second-order valence-electron chi connectivity index (χ2n) is 4.34. The summed E-state index contributed by atoms with van der Waals surface area (Å²) in [6.45, 7) is 3.74. The third kappa shape index (κ3) is 2.85. The molecule has 5 N–H and O–H groups in total. The van der Waals surface area contributed by atoms with E-state index in [4.69, 9.17) is 15.9 Å². The van der Waals surface area contributed by atoms with Crippen molar-refractivity contribution in [1.82, 2.24) is 4.98 Å². The van der Waals surface area contributed by atoms with Crippen molar-refractivity contribution >= 4 is 17.3 Å². The third-order valence-electron chi connectivity index (χ3n) is 2.71. The van der Waals surface area contributed by atoms with Gasteiger partial charge in [-0.3, -0.25) is 4.79 Å². The topological polar surface area (TPSA) is 107 Å². The van der Waals surface area contributed by atoms with Gasteiger partial charge < -0.3 is 21.2 Å². The molecule has 1 heterocycles. The molecule has 2 rings (SSSR count). The molecule has 19 heavy (non-hydrogen) atoms. The fourth-order valence-electron chi connectivity index (χ4n) is 1.74. The van der Waals surface area contributed by atoms with Gasteiger partial charge in [0.05, 0.1) is 11.8 Å². The fraction of sp³-hybridized carbons (Fsp3) is 0.231. The number of rotatable bonds is 4. The SMILES string of the molecule is Cc1cnc(C(C)Nc2ccc(N)c(C(N)=O)c2)o1. The molecule has 6 heteroatoms. The van der Waals surface area contributed by atoms with Gasteiger partial charge in [0.15, 0.2) is 0 Å². The maximum atomic E-state index is 11.2. The highest BCUT2D eigenvalue weighted by Gasteiger charge is 2.13. The molecule has 0 aliphatic rings. The number of oxazole rings is 1. The zero-order chi connectivity index (χ0) is 14.0. The lowest BCUT2D eigenvalue weighted by atomic mass is 10.1. The predicted octanol–water partition coefficient (Wildman–Crippen LogP) is 1.84. The van der Waals surface area contributed by atoms with Crippen LogP contribution < -0.4 is 16.8 Å². The van der Waals surface area contributed by atoms with Crippen LogP contribution in [-0.2, 0) is 0 Å².